The second-order valence-electron chi connectivity index (χ2n) is 17.5. The zero-order chi connectivity index (χ0) is 41.7. The van der Waals surface area contributed by atoms with E-state index < -0.39 is 8.07 Å². The quantitative estimate of drug-likeness (QED) is 0.107. The number of hydrogen-bond acceptors (Lipinski definition) is 0. The first kappa shape index (κ1) is 37.5. The number of hydrogen-bond donors (Lipinski definition) is 0. The Balaban J connectivity index is 0.999. The van der Waals surface area contributed by atoms with Crippen molar-refractivity contribution in [3.05, 3.63) is 230 Å². The summed E-state index contributed by atoms with van der Waals surface area (Å²) in [6.45, 7) is 0. The van der Waals surface area contributed by atoms with Crippen molar-refractivity contribution in [3.8, 4) is 22.5 Å². The van der Waals surface area contributed by atoms with E-state index >= 15 is 0 Å². The second kappa shape index (κ2) is 15.6. The first-order valence-electron chi connectivity index (χ1n) is 22.7. The average molecular weight is 825 g/mol. The fraction of sp³-hybridized carbons (Fsp3) is 0.100. The van der Waals surface area contributed by atoms with E-state index in [1.54, 1.807) is 0 Å². The maximum absolute atomic E-state index is 2.62. The van der Waals surface area contributed by atoms with Crippen LogP contribution < -0.4 is 20.7 Å². The molecule has 0 aliphatic heterocycles. The number of benzene rings is 9. The van der Waals surface area contributed by atoms with Gasteiger partial charge in [0.05, 0.1) is 22.1 Å². The van der Waals surface area contributed by atoms with Crippen molar-refractivity contribution < 1.29 is 0 Å². The average Bonchev–Trinajstić information content (AvgIpc) is 3.88. The lowest BCUT2D eigenvalue weighted by Gasteiger charge is -2.34. The molecule has 9 aromatic carbocycles. The highest BCUT2D eigenvalue weighted by Gasteiger charge is 2.41. The number of fused-ring (bicyclic) bond motifs is 6. The Morgan fingerprint density at radius 3 is 1.51 bits per heavy atom. The Kier molecular flexibility index (Phi) is 9.30. The molecule has 3 heteroatoms. The zero-order valence-electron chi connectivity index (χ0n) is 35.4. The van der Waals surface area contributed by atoms with Crippen LogP contribution in [0.15, 0.2) is 224 Å². The highest BCUT2D eigenvalue weighted by Crippen LogP contribution is 2.42. The molecule has 0 radical (unpaired) electrons. The second-order valence-corrected chi connectivity index (χ2v) is 21.3. The molecule has 0 saturated heterocycles. The van der Waals surface area contributed by atoms with E-state index in [9.17, 15) is 0 Å². The molecule has 2 aromatic heterocycles. The summed E-state index contributed by atoms with van der Waals surface area (Å²) in [7, 11) is -2.62. The highest BCUT2D eigenvalue weighted by molar-refractivity contribution is 7.19. The summed E-state index contributed by atoms with van der Waals surface area (Å²) in [5.41, 5.74) is 11.3. The highest BCUT2D eigenvalue weighted by atomic mass is 28.3. The van der Waals surface area contributed by atoms with E-state index in [1.165, 1.54) is 119 Å². The van der Waals surface area contributed by atoms with Gasteiger partial charge in [0.15, 0.2) is 8.07 Å². The molecule has 1 aliphatic rings. The van der Waals surface area contributed by atoms with Gasteiger partial charge in [-0.25, -0.2) is 0 Å². The monoisotopic (exact) mass is 824 g/mol. The molecule has 302 valence electrons. The van der Waals surface area contributed by atoms with E-state index in [0.717, 1.165) is 5.69 Å². The summed E-state index contributed by atoms with van der Waals surface area (Å²) in [5, 5.41) is 10.8. The van der Waals surface area contributed by atoms with Crippen molar-refractivity contribution in [2.24, 2.45) is 0 Å². The zero-order valence-corrected chi connectivity index (χ0v) is 36.4. The first-order valence-corrected chi connectivity index (χ1v) is 24.7. The Morgan fingerprint density at radius 1 is 0.333 bits per heavy atom. The van der Waals surface area contributed by atoms with Crippen LogP contribution in [0.4, 0.5) is 0 Å². The van der Waals surface area contributed by atoms with Gasteiger partial charge in [0.2, 0.25) is 0 Å². The molecule has 12 rings (SSSR count). The summed E-state index contributed by atoms with van der Waals surface area (Å²) in [5.74, 6) is 0.622. The van der Waals surface area contributed by atoms with Crippen LogP contribution in [0.1, 0.15) is 43.6 Å². The molecular weight excluding hydrogens is 777 g/mol. The topological polar surface area (TPSA) is 9.86 Å². The molecule has 2 heterocycles. The molecule has 1 fully saturated rings. The molecule has 0 atom stereocenters. The Hall–Kier alpha value is -7.20. The standard InChI is InChI=1S/C60H48N2Si/c1-5-19-44(20-6-1)52-31-18-34-58-60(52)55-30-14-16-33-57(55)61(58)47-37-40-54-53-29-13-15-32-56(53)62(59(54)42-47)46-22-17-21-45(41-46)43-35-38-51(39-36-43)63(48-23-7-2-8-24-48,49-25-9-3-10-26-49)50-27-11-4-12-28-50/h2-4,7-18,21-42,44H,1,5-6,19-20H2. The molecule has 0 N–H and O–H groups in total. The Labute approximate surface area is 370 Å². The third kappa shape index (κ3) is 6.13. The minimum atomic E-state index is -2.62. The predicted octanol–water partition coefficient (Wildman–Crippen LogP) is 13.0. The molecule has 1 aliphatic carbocycles. The fourth-order valence-corrected chi connectivity index (χ4v) is 16.0. The summed E-state index contributed by atoms with van der Waals surface area (Å²) < 4.78 is 4.99. The third-order valence-corrected chi connectivity index (χ3v) is 18.9. The molecule has 0 unspecified atom stereocenters. The van der Waals surface area contributed by atoms with Crippen molar-refractivity contribution in [3.63, 3.8) is 0 Å². The van der Waals surface area contributed by atoms with Gasteiger partial charge in [-0.1, -0.05) is 201 Å². The van der Waals surface area contributed by atoms with Gasteiger partial charge < -0.3 is 9.13 Å². The van der Waals surface area contributed by atoms with Crippen LogP contribution in [-0.4, -0.2) is 17.2 Å². The van der Waals surface area contributed by atoms with E-state index in [4.69, 9.17) is 0 Å². The van der Waals surface area contributed by atoms with E-state index in [1.807, 2.05) is 0 Å². The van der Waals surface area contributed by atoms with Crippen LogP contribution in [0.25, 0.3) is 66.1 Å². The van der Waals surface area contributed by atoms with Crippen molar-refractivity contribution >= 4 is 72.4 Å². The lowest BCUT2D eigenvalue weighted by molar-refractivity contribution is 0.445. The van der Waals surface area contributed by atoms with Crippen LogP contribution in [0.3, 0.4) is 0 Å². The van der Waals surface area contributed by atoms with Gasteiger partial charge in [-0.05, 0) is 98.7 Å². The van der Waals surface area contributed by atoms with Gasteiger partial charge in [-0.2, -0.15) is 0 Å². The Morgan fingerprint density at radius 2 is 0.841 bits per heavy atom. The van der Waals surface area contributed by atoms with Crippen molar-refractivity contribution in [2.45, 2.75) is 38.0 Å². The molecule has 0 amide bonds. The van der Waals surface area contributed by atoms with Crippen LogP contribution in [0.2, 0.25) is 0 Å². The number of para-hydroxylation sites is 2. The SMILES string of the molecule is c1ccc([Si](c2ccccc2)(c2ccccc2)c2ccc(-c3cccc(-n4c5ccccc5c5ccc(-n6c7ccccc7c7c(C8CCCCC8)cccc76)cc54)c3)cc2)cc1. The number of aromatic nitrogens is 2. The van der Waals surface area contributed by atoms with Crippen LogP contribution in [0.5, 0.6) is 0 Å². The maximum atomic E-state index is 2.51. The molecular formula is C60H48N2Si. The van der Waals surface area contributed by atoms with E-state index in [2.05, 4.69) is 234 Å². The summed E-state index contributed by atoms with van der Waals surface area (Å²) in [4.78, 5) is 0. The van der Waals surface area contributed by atoms with Crippen molar-refractivity contribution in [1.29, 1.82) is 0 Å². The molecule has 2 nitrogen and oxygen atoms in total. The number of nitrogens with zero attached hydrogens (tertiary/aromatic N) is 2. The number of rotatable bonds is 8. The fourth-order valence-electron chi connectivity index (χ4n) is 11.3. The lowest BCUT2D eigenvalue weighted by atomic mass is 9.82. The Bertz CT molecular complexity index is 3320. The lowest BCUT2D eigenvalue weighted by Crippen LogP contribution is -2.74. The summed E-state index contributed by atoms with van der Waals surface area (Å²) in [6.07, 6.45) is 6.58. The minimum Gasteiger partial charge on any atom is -0.309 e. The van der Waals surface area contributed by atoms with Crippen molar-refractivity contribution in [2.75, 3.05) is 0 Å². The van der Waals surface area contributed by atoms with Gasteiger partial charge in [0.1, 0.15) is 0 Å². The third-order valence-electron chi connectivity index (χ3n) is 14.1. The maximum Gasteiger partial charge on any atom is 0.179 e. The molecule has 0 spiro atoms. The summed E-state index contributed by atoms with van der Waals surface area (Å²) >= 11 is 0. The van der Waals surface area contributed by atoms with Gasteiger partial charge >= 0.3 is 0 Å². The van der Waals surface area contributed by atoms with Crippen molar-refractivity contribution in [1.82, 2.24) is 9.13 Å². The van der Waals surface area contributed by atoms with Gasteiger partial charge in [0.25, 0.3) is 0 Å². The van der Waals surface area contributed by atoms with Crippen LogP contribution >= 0.6 is 0 Å². The van der Waals surface area contributed by atoms with Crippen LogP contribution in [0, 0.1) is 0 Å². The molecule has 1 saturated carbocycles. The van der Waals surface area contributed by atoms with Crippen LogP contribution in [-0.2, 0) is 0 Å². The molecule has 63 heavy (non-hydrogen) atoms. The van der Waals surface area contributed by atoms with E-state index in [-0.39, 0.29) is 0 Å². The van der Waals surface area contributed by atoms with Gasteiger partial charge in [-0.15, -0.1) is 0 Å². The molecule has 11 aromatic rings. The van der Waals surface area contributed by atoms with Gasteiger partial charge in [-0.3, -0.25) is 0 Å². The summed E-state index contributed by atoms with van der Waals surface area (Å²) in [6, 6.07) is 84.2. The normalized spacial score (nSPS) is 13.7. The van der Waals surface area contributed by atoms with E-state index in [0.29, 0.717) is 5.92 Å². The first-order chi connectivity index (χ1) is 31.3. The smallest absolute Gasteiger partial charge is 0.179 e. The van der Waals surface area contributed by atoms with Gasteiger partial charge in [0, 0.05) is 32.9 Å². The predicted molar refractivity (Wildman–Crippen MR) is 270 cm³/mol. The molecule has 0 bridgehead atoms. The largest absolute Gasteiger partial charge is 0.309 e. The minimum absolute atomic E-state index is 0.622.